The van der Waals surface area contributed by atoms with E-state index in [9.17, 15) is 13.2 Å². The van der Waals surface area contributed by atoms with E-state index < -0.39 is 10.0 Å². The van der Waals surface area contributed by atoms with Gasteiger partial charge in [0.1, 0.15) is 0 Å². The Bertz CT molecular complexity index is 716. The summed E-state index contributed by atoms with van der Waals surface area (Å²) in [5.41, 5.74) is 0.506. The lowest BCUT2D eigenvalue weighted by molar-refractivity contribution is 0.0935. The van der Waals surface area contributed by atoms with Crippen molar-refractivity contribution in [2.75, 3.05) is 13.1 Å². The van der Waals surface area contributed by atoms with Crippen LogP contribution in [-0.2, 0) is 10.0 Å². The molecule has 2 fully saturated rings. The summed E-state index contributed by atoms with van der Waals surface area (Å²) < 4.78 is 27.3. The van der Waals surface area contributed by atoms with Crippen LogP contribution < -0.4 is 5.32 Å². The molecule has 5 nitrogen and oxygen atoms in total. The van der Waals surface area contributed by atoms with Crippen LogP contribution in [0.25, 0.3) is 0 Å². The van der Waals surface area contributed by atoms with Crippen LogP contribution in [0, 0.1) is 17.8 Å². The predicted molar refractivity (Wildman–Crippen MR) is 97.8 cm³/mol. The number of benzene rings is 1. The van der Waals surface area contributed by atoms with Crippen molar-refractivity contribution in [3.05, 3.63) is 29.8 Å². The van der Waals surface area contributed by atoms with Crippen LogP contribution in [0.1, 0.15) is 50.4 Å². The van der Waals surface area contributed by atoms with Crippen LogP contribution in [0.3, 0.4) is 0 Å². The molecule has 1 saturated carbocycles. The van der Waals surface area contributed by atoms with Crippen LogP contribution in [0.15, 0.2) is 29.2 Å². The summed E-state index contributed by atoms with van der Waals surface area (Å²) in [5.74, 6) is 1.19. The Balaban J connectivity index is 1.71. The molecule has 0 aromatic heterocycles. The highest BCUT2D eigenvalue weighted by Gasteiger charge is 2.32. The third-order valence-electron chi connectivity index (χ3n) is 5.28. The maximum Gasteiger partial charge on any atom is 0.251 e. The lowest BCUT2D eigenvalue weighted by atomic mass is 9.94. The van der Waals surface area contributed by atoms with Crippen molar-refractivity contribution >= 4 is 15.9 Å². The van der Waals surface area contributed by atoms with E-state index in [0.29, 0.717) is 36.4 Å². The summed E-state index contributed by atoms with van der Waals surface area (Å²) in [4.78, 5) is 12.5. The number of sulfonamides is 1. The highest BCUT2D eigenvalue weighted by molar-refractivity contribution is 7.89. The molecule has 6 heteroatoms. The van der Waals surface area contributed by atoms with E-state index in [2.05, 4.69) is 19.2 Å². The Hall–Kier alpha value is -1.40. The number of carbonyl (C=O) groups is 1. The zero-order valence-electron chi connectivity index (χ0n) is 15.2. The Kier molecular flexibility index (Phi) is 5.21. The second-order valence-corrected chi connectivity index (χ2v) is 9.83. The van der Waals surface area contributed by atoms with Gasteiger partial charge in [-0.25, -0.2) is 8.42 Å². The van der Waals surface area contributed by atoms with Crippen molar-refractivity contribution in [1.82, 2.24) is 9.62 Å². The van der Waals surface area contributed by atoms with Crippen molar-refractivity contribution in [3.8, 4) is 0 Å². The first-order chi connectivity index (χ1) is 11.8. The molecule has 0 radical (unpaired) electrons. The van der Waals surface area contributed by atoms with Gasteiger partial charge in [-0.15, -0.1) is 0 Å². The monoisotopic (exact) mass is 364 g/mol. The molecule has 1 saturated heterocycles. The predicted octanol–water partition coefficient (Wildman–Crippen LogP) is 2.88. The first-order valence-electron chi connectivity index (χ1n) is 9.18. The molecule has 1 aliphatic heterocycles. The highest BCUT2D eigenvalue weighted by Crippen LogP contribution is 2.32. The quantitative estimate of drug-likeness (QED) is 0.874. The molecule has 25 heavy (non-hydrogen) atoms. The smallest absolute Gasteiger partial charge is 0.251 e. The summed E-state index contributed by atoms with van der Waals surface area (Å²) in [7, 11) is -3.50. The minimum absolute atomic E-state index is 0.136. The summed E-state index contributed by atoms with van der Waals surface area (Å²) in [6.45, 7) is 7.33. The molecule has 2 aliphatic rings. The van der Waals surface area contributed by atoms with Crippen LogP contribution in [0.2, 0.25) is 0 Å². The maximum atomic E-state index is 12.9. The van der Waals surface area contributed by atoms with E-state index in [0.717, 1.165) is 6.42 Å². The topological polar surface area (TPSA) is 66.5 Å². The van der Waals surface area contributed by atoms with Crippen molar-refractivity contribution in [3.63, 3.8) is 0 Å². The molecule has 0 spiro atoms. The number of carbonyl (C=O) groups excluding carboxylic acids is 1. The number of hydrogen-bond donors (Lipinski definition) is 1. The van der Waals surface area contributed by atoms with E-state index in [1.165, 1.54) is 12.8 Å². The molecule has 1 aromatic rings. The molecule has 138 valence electrons. The van der Waals surface area contributed by atoms with E-state index in [4.69, 9.17) is 0 Å². The maximum absolute atomic E-state index is 12.9. The van der Waals surface area contributed by atoms with Gasteiger partial charge in [0.2, 0.25) is 10.0 Å². The summed E-state index contributed by atoms with van der Waals surface area (Å²) in [6.07, 6.45) is 3.40. The average Bonchev–Trinajstić information content (AvgIpc) is 3.39. The number of nitrogens with one attached hydrogen (secondary N) is 1. The van der Waals surface area contributed by atoms with Gasteiger partial charge in [-0.3, -0.25) is 4.79 Å². The zero-order chi connectivity index (χ0) is 18.2. The Morgan fingerprint density at radius 1 is 1.12 bits per heavy atom. The van der Waals surface area contributed by atoms with Gasteiger partial charge >= 0.3 is 0 Å². The lowest BCUT2D eigenvalue weighted by Crippen LogP contribution is -2.42. The summed E-state index contributed by atoms with van der Waals surface area (Å²) >= 11 is 0. The number of rotatable bonds is 5. The van der Waals surface area contributed by atoms with E-state index in [-0.39, 0.29) is 16.8 Å². The van der Waals surface area contributed by atoms with Crippen LogP contribution >= 0.6 is 0 Å². The van der Waals surface area contributed by atoms with Gasteiger partial charge in [-0.05, 0) is 68.2 Å². The fraction of sp³-hybridized carbons (Fsp3) is 0.632. The van der Waals surface area contributed by atoms with Gasteiger partial charge in [0.15, 0.2) is 0 Å². The van der Waals surface area contributed by atoms with Crippen LogP contribution in [0.5, 0.6) is 0 Å². The standard InChI is InChI=1S/C19H28N2O3S/c1-13-10-14(2)12-21(11-13)25(23,24)18-8-6-17(7-9-18)19(22)20-15(3)16-4-5-16/h6-9,13-16H,4-5,10-12H2,1-3H3,(H,20,22)/t13-,14-,15+/m1/s1. The van der Waals surface area contributed by atoms with Crippen LogP contribution in [0.4, 0.5) is 0 Å². The summed E-state index contributed by atoms with van der Waals surface area (Å²) in [6, 6.07) is 6.50. The van der Waals surface area contributed by atoms with Gasteiger partial charge in [0.05, 0.1) is 4.90 Å². The molecule has 1 aliphatic carbocycles. The second-order valence-electron chi connectivity index (χ2n) is 7.89. The Labute approximate surface area is 150 Å². The molecule has 3 atom stereocenters. The number of amides is 1. The van der Waals surface area contributed by atoms with Gasteiger partial charge < -0.3 is 5.32 Å². The SMILES string of the molecule is C[C@@H]1C[C@@H](C)CN(S(=O)(=O)c2ccc(C(=O)N[C@@H](C)C3CC3)cc2)C1. The Morgan fingerprint density at radius 3 is 2.20 bits per heavy atom. The van der Waals surface area contributed by atoms with E-state index in [1.807, 2.05) is 6.92 Å². The van der Waals surface area contributed by atoms with Gasteiger partial charge in [-0.1, -0.05) is 13.8 Å². The van der Waals surface area contributed by atoms with Crippen molar-refractivity contribution < 1.29 is 13.2 Å². The first-order valence-corrected chi connectivity index (χ1v) is 10.6. The van der Waals surface area contributed by atoms with Gasteiger partial charge in [0.25, 0.3) is 5.91 Å². The number of hydrogen-bond acceptors (Lipinski definition) is 3. The van der Waals surface area contributed by atoms with E-state index in [1.54, 1.807) is 28.6 Å². The molecular formula is C19H28N2O3S. The van der Waals surface area contributed by atoms with Crippen LogP contribution in [-0.4, -0.2) is 37.8 Å². The average molecular weight is 365 g/mol. The summed E-state index contributed by atoms with van der Waals surface area (Å²) in [5, 5.41) is 2.99. The molecule has 1 N–H and O–H groups in total. The molecular weight excluding hydrogens is 336 g/mol. The van der Waals surface area contributed by atoms with E-state index >= 15 is 0 Å². The van der Waals surface area contributed by atoms with Gasteiger partial charge in [0, 0.05) is 24.7 Å². The van der Waals surface area contributed by atoms with Crippen molar-refractivity contribution in [1.29, 1.82) is 0 Å². The van der Waals surface area contributed by atoms with Crippen molar-refractivity contribution in [2.45, 2.75) is 51.0 Å². The fourth-order valence-corrected chi connectivity index (χ4v) is 5.41. The molecule has 0 bridgehead atoms. The minimum atomic E-state index is -3.50. The number of nitrogens with zero attached hydrogens (tertiary/aromatic N) is 1. The molecule has 1 heterocycles. The third-order valence-corrected chi connectivity index (χ3v) is 7.12. The first kappa shape index (κ1) is 18.4. The fourth-order valence-electron chi connectivity index (χ4n) is 3.73. The molecule has 0 unspecified atom stereocenters. The normalized spacial score (nSPS) is 26.2. The van der Waals surface area contributed by atoms with Crippen molar-refractivity contribution in [2.24, 2.45) is 17.8 Å². The second kappa shape index (κ2) is 7.08. The third kappa shape index (κ3) is 4.23. The highest BCUT2D eigenvalue weighted by atomic mass is 32.2. The lowest BCUT2D eigenvalue weighted by Gasteiger charge is -2.34. The Morgan fingerprint density at radius 2 is 1.68 bits per heavy atom. The minimum Gasteiger partial charge on any atom is -0.349 e. The number of piperidine rings is 1. The largest absolute Gasteiger partial charge is 0.349 e. The zero-order valence-corrected chi connectivity index (χ0v) is 16.1. The van der Waals surface area contributed by atoms with Gasteiger partial charge in [-0.2, -0.15) is 4.31 Å². The molecule has 3 rings (SSSR count). The molecule has 1 aromatic carbocycles. The molecule has 1 amide bonds.